The minimum Gasteiger partial charge on any atom is -0.311 e. The third kappa shape index (κ3) is 6.12. The fourth-order valence-electron chi connectivity index (χ4n) is 5.19. The van der Waals surface area contributed by atoms with Crippen LogP contribution in [0.1, 0.15) is 96.3 Å². The number of hydrogen-bond acceptors (Lipinski definition) is 3. The number of hydrogen-bond donors (Lipinski definition) is 3. The molecule has 3 N–H and O–H groups in total. The van der Waals surface area contributed by atoms with Crippen molar-refractivity contribution in [1.82, 2.24) is 16.0 Å². The van der Waals surface area contributed by atoms with E-state index >= 15 is 0 Å². The van der Waals surface area contributed by atoms with E-state index in [2.05, 4.69) is 16.0 Å². The zero-order chi connectivity index (χ0) is 16.7. The summed E-state index contributed by atoms with van der Waals surface area (Å²) in [6.45, 7) is 1.14. The molecular weight excluding hydrogens is 310 g/mol. The van der Waals surface area contributed by atoms with Crippen molar-refractivity contribution in [3.63, 3.8) is 0 Å². The van der Waals surface area contributed by atoms with Gasteiger partial charge in [-0.25, -0.2) is 0 Å². The summed E-state index contributed by atoms with van der Waals surface area (Å²) in [5.41, 5.74) is 0. The average Bonchev–Trinajstić information content (AvgIpc) is 2.63. The van der Waals surface area contributed by atoms with E-state index in [1.807, 2.05) is 0 Å². The van der Waals surface area contributed by atoms with E-state index in [-0.39, 0.29) is 5.29 Å². The molecule has 3 saturated carbocycles. The Morgan fingerprint density at radius 2 is 0.958 bits per heavy atom. The maximum atomic E-state index is 4.11. The topological polar surface area (TPSA) is 36.1 Å². The Hall–Kier alpha value is 0.0969. The number of rotatable bonds is 7. The maximum absolute atomic E-state index is 4.11. The molecule has 3 fully saturated rings. The van der Waals surface area contributed by atoms with E-state index in [4.69, 9.17) is 0 Å². The lowest BCUT2D eigenvalue weighted by molar-refractivity contribution is 0.218. The van der Waals surface area contributed by atoms with Crippen molar-refractivity contribution < 1.29 is 0 Å². The summed E-state index contributed by atoms with van der Waals surface area (Å²) < 4.78 is 0. The van der Waals surface area contributed by atoms with Gasteiger partial charge < -0.3 is 5.32 Å². The van der Waals surface area contributed by atoms with Crippen molar-refractivity contribution >= 4 is 10.2 Å². The molecule has 0 aromatic carbocycles. The molecule has 3 rings (SSSR count). The predicted octanol–water partition coefficient (Wildman–Crippen LogP) is 2.77. The fraction of sp³-hybridized carbons (Fsp3) is 1.00. The van der Waals surface area contributed by atoms with Gasteiger partial charge in [0, 0.05) is 34.9 Å². The van der Waals surface area contributed by atoms with Gasteiger partial charge in [-0.15, -0.1) is 0 Å². The molecule has 0 atom stereocenters. The van der Waals surface area contributed by atoms with E-state index < -0.39 is 0 Å². The van der Waals surface area contributed by atoms with Crippen LogP contribution in [0.5, 0.6) is 0 Å². The summed E-state index contributed by atoms with van der Waals surface area (Å²) in [4.78, 5) is 0. The van der Waals surface area contributed by atoms with Crippen LogP contribution in [-0.2, 0) is 0 Å². The highest BCUT2D eigenvalue weighted by Crippen LogP contribution is 2.22. The molecule has 0 aromatic rings. The molecule has 0 unspecified atom stereocenters. The molecule has 4 heteroatoms. The minimum atomic E-state index is 0.196. The van der Waals surface area contributed by atoms with E-state index in [9.17, 15) is 0 Å². The quantitative estimate of drug-likeness (QED) is 0.487. The molecule has 24 heavy (non-hydrogen) atoms. The molecule has 3 aliphatic carbocycles. The van der Waals surface area contributed by atoms with Crippen LogP contribution in [0.4, 0.5) is 0 Å². The van der Waals surface area contributed by atoms with Crippen molar-refractivity contribution in [2.75, 3.05) is 6.54 Å². The average molecular weight is 352 g/mol. The molecule has 0 bridgehead atoms. The van der Waals surface area contributed by atoms with Gasteiger partial charge in [0.1, 0.15) is 0 Å². The van der Waals surface area contributed by atoms with Gasteiger partial charge in [-0.3, -0.25) is 10.6 Å². The van der Waals surface area contributed by atoms with E-state index in [1.54, 1.807) is 0 Å². The number of nitrogens with one attached hydrogen (secondary N) is 3. The second-order valence-corrected chi connectivity index (χ2v) is 10.7. The molecule has 0 saturated heterocycles. The van der Waals surface area contributed by atoms with Crippen molar-refractivity contribution in [2.45, 2.75) is 120 Å². The first-order chi connectivity index (χ1) is 11.7. The Bertz CT molecular complexity index is 325. The molecule has 0 spiro atoms. The van der Waals surface area contributed by atoms with Crippen LogP contribution >= 0.6 is 0 Å². The van der Waals surface area contributed by atoms with E-state index in [0.717, 1.165) is 24.7 Å². The Morgan fingerprint density at radius 3 is 1.38 bits per heavy atom. The van der Waals surface area contributed by atoms with E-state index in [1.165, 1.54) is 107 Å². The van der Waals surface area contributed by atoms with Crippen LogP contribution in [-0.4, -0.2) is 40.2 Å². The molecule has 0 aromatic heterocycles. The van der Waals surface area contributed by atoms with Gasteiger partial charge in [-0.1, -0.05) is 57.8 Å². The van der Waals surface area contributed by atoms with Gasteiger partial charge in [0.25, 0.3) is 0 Å². The van der Waals surface area contributed by atoms with Crippen LogP contribution in [0.2, 0.25) is 0 Å². The molecule has 0 amide bonds. The van der Waals surface area contributed by atoms with Crippen LogP contribution in [0, 0.1) is 0 Å². The first-order valence-corrected chi connectivity index (χ1v) is 12.0. The van der Waals surface area contributed by atoms with Crippen molar-refractivity contribution in [2.24, 2.45) is 0 Å². The Kier molecular flexibility index (Phi) is 7.63. The van der Waals surface area contributed by atoms with Crippen molar-refractivity contribution in [1.29, 1.82) is 0 Å². The third-order valence-electron chi connectivity index (χ3n) is 6.61. The van der Waals surface area contributed by atoms with E-state index in [0.29, 0.717) is 0 Å². The van der Waals surface area contributed by atoms with Gasteiger partial charge in [0.15, 0.2) is 0 Å². The van der Waals surface area contributed by atoms with Gasteiger partial charge in [0.2, 0.25) is 0 Å². The van der Waals surface area contributed by atoms with Gasteiger partial charge >= 0.3 is 0 Å². The first-order valence-electron chi connectivity index (χ1n) is 11.0. The Morgan fingerprint density at radius 1 is 0.583 bits per heavy atom. The Balaban J connectivity index is 1.54. The molecular formula is C20H41N3Si. The largest absolute Gasteiger partial charge is 0.311 e. The monoisotopic (exact) mass is 351 g/mol. The highest BCUT2D eigenvalue weighted by Gasteiger charge is 2.31. The smallest absolute Gasteiger partial charge is 0.0601 e. The van der Waals surface area contributed by atoms with Gasteiger partial charge in [-0.05, 0) is 38.5 Å². The molecule has 0 aliphatic heterocycles. The van der Waals surface area contributed by atoms with Crippen LogP contribution in [0.15, 0.2) is 0 Å². The predicted molar refractivity (Wildman–Crippen MR) is 108 cm³/mol. The van der Waals surface area contributed by atoms with Gasteiger partial charge in [-0.2, -0.15) is 0 Å². The molecule has 3 aliphatic rings. The van der Waals surface area contributed by atoms with Crippen molar-refractivity contribution in [3.8, 4) is 0 Å². The van der Waals surface area contributed by atoms with Crippen LogP contribution in [0.3, 0.4) is 0 Å². The first kappa shape index (κ1) is 18.9. The van der Waals surface area contributed by atoms with Crippen molar-refractivity contribution in [3.05, 3.63) is 0 Å². The molecule has 3 nitrogen and oxygen atoms in total. The standard InChI is InChI=1S/C20H41N3Si/c24-20(22-18-12-6-2-7-13-18,23-19-14-8-3-9-15-19)16-21-17-10-4-1-5-11-17/h17-19,21-23H,1-16H2,24H3. The summed E-state index contributed by atoms with van der Waals surface area (Å²) >= 11 is 0. The lowest BCUT2D eigenvalue weighted by Crippen LogP contribution is -2.68. The highest BCUT2D eigenvalue weighted by atomic mass is 28.1. The Labute approximate surface area is 152 Å². The third-order valence-corrected chi connectivity index (χ3v) is 7.54. The van der Waals surface area contributed by atoms with Crippen LogP contribution < -0.4 is 16.0 Å². The van der Waals surface area contributed by atoms with Crippen LogP contribution in [0.25, 0.3) is 0 Å². The molecule has 0 heterocycles. The summed E-state index contributed by atoms with van der Waals surface area (Å²) in [7, 11) is 1.18. The maximum Gasteiger partial charge on any atom is 0.0601 e. The summed E-state index contributed by atoms with van der Waals surface area (Å²) in [6.07, 6.45) is 21.2. The zero-order valence-electron chi connectivity index (χ0n) is 16.0. The van der Waals surface area contributed by atoms with Gasteiger partial charge in [0.05, 0.1) is 5.29 Å². The lowest BCUT2D eigenvalue weighted by Gasteiger charge is -2.42. The minimum absolute atomic E-state index is 0.196. The second-order valence-electron chi connectivity index (χ2n) is 9.01. The fourth-order valence-corrected chi connectivity index (χ4v) is 6.21. The summed E-state index contributed by atoms with van der Waals surface area (Å²) in [5.74, 6) is 0. The normalized spacial score (nSPS) is 26.0. The SMILES string of the molecule is [SiH3]C(CNC1CCCCC1)(NC1CCCCC1)NC1CCCCC1. The highest BCUT2D eigenvalue weighted by molar-refractivity contribution is 6.15. The summed E-state index contributed by atoms with van der Waals surface area (Å²) in [5, 5.41) is 12.4. The molecule has 0 radical (unpaired) electrons. The lowest BCUT2D eigenvalue weighted by atomic mass is 9.93. The second kappa shape index (κ2) is 9.70. The zero-order valence-corrected chi connectivity index (χ0v) is 18.0. The summed E-state index contributed by atoms with van der Waals surface area (Å²) in [6, 6.07) is 2.27. The molecule has 140 valence electrons.